The van der Waals surface area contributed by atoms with Crippen molar-refractivity contribution in [3.8, 4) is 11.8 Å². The third-order valence-corrected chi connectivity index (χ3v) is 5.69. The standard InChI is InChI=1S/C27H22N6O2/c1-18-24(32-27(34)19-11-13-29-14-12-19)17-33-26(18)25(20(15-28)16-30-33)31-21-7-9-23(10-8-21)35-22-5-3-2-4-6-22/h3,5-14,16-17,31H,2,4H2,1H3,(H,32,34). The van der Waals surface area contributed by atoms with E-state index in [4.69, 9.17) is 4.74 Å². The summed E-state index contributed by atoms with van der Waals surface area (Å²) < 4.78 is 7.56. The fraction of sp³-hybridized carbons (Fsp3) is 0.111. The molecule has 1 aliphatic carbocycles. The zero-order valence-electron chi connectivity index (χ0n) is 19.0. The summed E-state index contributed by atoms with van der Waals surface area (Å²) in [5, 5.41) is 20.4. The molecule has 3 heterocycles. The number of nitrogens with zero attached hydrogens (tertiary/aromatic N) is 4. The van der Waals surface area contributed by atoms with Crippen LogP contribution < -0.4 is 15.4 Å². The number of allylic oxidation sites excluding steroid dienone is 3. The van der Waals surface area contributed by atoms with Crippen LogP contribution in [0.25, 0.3) is 5.52 Å². The van der Waals surface area contributed by atoms with Gasteiger partial charge >= 0.3 is 0 Å². The molecule has 2 N–H and O–H groups in total. The van der Waals surface area contributed by atoms with Gasteiger partial charge in [-0.1, -0.05) is 6.08 Å². The molecule has 1 aliphatic rings. The van der Waals surface area contributed by atoms with Gasteiger partial charge in [-0.25, -0.2) is 4.52 Å². The number of aryl methyl sites for hydroxylation is 1. The first-order valence-electron chi connectivity index (χ1n) is 11.2. The van der Waals surface area contributed by atoms with Crippen molar-refractivity contribution >= 4 is 28.5 Å². The highest BCUT2D eigenvalue weighted by molar-refractivity contribution is 6.05. The monoisotopic (exact) mass is 462 g/mol. The third-order valence-electron chi connectivity index (χ3n) is 5.69. The fourth-order valence-electron chi connectivity index (χ4n) is 3.88. The molecule has 0 saturated carbocycles. The molecule has 4 aromatic rings. The van der Waals surface area contributed by atoms with E-state index >= 15 is 0 Å². The predicted molar refractivity (Wildman–Crippen MR) is 134 cm³/mol. The number of hydrogen-bond acceptors (Lipinski definition) is 6. The van der Waals surface area contributed by atoms with Crippen LogP contribution in [-0.2, 0) is 0 Å². The molecule has 0 spiro atoms. The summed E-state index contributed by atoms with van der Waals surface area (Å²) in [6, 6.07) is 13.0. The van der Waals surface area contributed by atoms with Crippen molar-refractivity contribution in [3.63, 3.8) is 0 Å². The summed E-state index contributed by atoms with van der Waals surface area (Å²) in [4.78, 5) is 16.6. The highest BCUT2D eigenvalue weighted by atomic mass is 16.5. The summed E-state index contributed by atoms with van der Waals surface area (Å²) in [5.41, 5.74) is 4.38. The number of carbonyl (C=O) groups excluding carboxylic acids is 1. The Hall–Kier alpha value is -4.90. The number of anilines is 3. The molecular formula is C27H22N6O2. The lowest BCUT2D eigenvalue weighted by Gasteiger charge is -2.13. The molecule has 0 saturated heterocycles. The van der Waals surface area contributed by atoms with E-state index in [-0.39, 0.29) is 5.91 Å². The predicted octanol–water partition coefficient (Wildman–Crippen LogP) is 5.52. The minimum absolute atomic E-state index is 0.250. The van der Waals surface area contributed by atoms with Crippen molar-refractivity contribution in [2.24, 2.45) is 0 Å². The summed E-state index contributed by atoms with van der Waals surface area (Å²) in [7, 11) is 0. The molecule has 8 heteroatoms. The molecule has 0 radical (unpaired) electrons. The number of ether oxygens (including phenoxy) is 1. The van der Waals surface area contributed by atoms with Gasteiger partial charge < -0.3 is 15.4 Å². The van der Waals surface area contributed by atoms with E-state index in [1.165, 1.54) is 6.20 Å². The van der Waals surface area contributed by atoms with Crippen molar-refractivity contribution in [1.82, 2.24) is 14.6 Å². The van der Waals surface area contributed by atoms with E-state index < -0.39 is 0 Å². The van der Waals surface area contributed by atoms with Crippen LogP contribution in [0, 0.1) is 18.3 Å². The molecular weight excluding hydrogens is 440 g/mol. The highest BCUT2D eigenvalue weighted by Gasteiger charge is 2.18. The maximum absolute atomic E-state index is 12.7. The quantitative estimate of drug-likeness (QED) is 0.391. The van der Waals surface area contributed by atoms with Crippen molar-refractivity contribution in [2.45, 2.75) is 19.8 Å². The third kappa shape index (κ3) is 4.61. The van der Waals surface area contributed by atoms with Crippen molar-refractivity contribution in [2.75, 3.05) is 10.6 Å². The zero-order chi connectivity index (χ0) is 24.2. The van der Waals surface area contributed by atoms with Gasteiger partial charge in [0.15, 0.2) is 0 Å². The van der Waals surface area contributed by atoms with Crippen LogP contribution in [0.3, 0.4) is 0 Å². The van der Waals surface area contributed by atoms with Crippen LogP contribution in [0.15, 0.2) is 85.2 Å². The average Bonchev–Trinajstić information content (AvgIpc) is 3.21. The molecule has 0 unspecified atom stereocenters. The van der Waals surface area contributed by atoms with Crippen LogP contribution in [0.5, 0.6) is 5.75 Å². The SMILES string of the molecule is Cc1c(NC(=O)c2ccncc2)cn2ncc(C#N)c(Nc3ccc(OC4=CCCC=C4)cc3)c12. The van der Waals surface area contributed by atoms with Crippen molar-refractivity contribution in [1.29, 1.82) is 5.26 Å². The topological polar surface area (TPSA) is 104 Å². The Morgan fingerprint density at radius 2 is 1.94 bits per heavy atom. The Balaban J connectivity index is 1.43. The van der Waals surface area contributed by atoms with Gasteiger partial charge in [-0.15, -0.1) is 0 Å². The van der Waals surface area contributed by atoms with Gasteiger partial charge in [-0.3, -0.25) is 9.78 Å². The maximum Gasteiger partial charge on any atom is 0.255 e. The molecule has 0 fully saturated rings. The first-order chi connectivity index (χ1) is 17.1. The lowest BCUT2D eigenvalue weighted by molar-refractivity contribution is 0.102. The lowest BCUT2D eigenvalue weighted by Crippen LogP contribution is -2.11. The number of carbonyl (C=O) groups is 1. The minimum Gasteiger partial charge on any atom is -0.458 e. The molecule has 35 heavy (non-hydrogen) atoms. The van der Waals surface area contributed by atoms with Gasteiger partial charge in [0.25, 0.3) is 5.91 Å². The van der Waals surface area contributed by atoms with Gasteiger partial charge in [-0.2, -0.15) is 10.4 Å². The molecule has 0 bridgehead atoms. The smallest absolute Gasteiger partial charge is 0.255 e. The van der Waals surface area contributed by atoms with Crippen LogP contribution in [-0.4, -0.2) is 20.5 Å². The second-order valence-corrected chi connectivity index (χ2v) is 8.03. The average molecular weight is 463 g/mol. The van der Waals surface area contributed by atoms with E-state index in [2.05, 4.69) is 38.9 Å². The highest BCUT2D eigenvalue weighted by Crippen LogP contribution is 2.33. The normalized spacial score (nSPS) is 12.6. The number of pyridine rings is 1. The van der Waals surface area contributed by atoms with Gasteiger partial charge in [0.1, 0.15) is 17.6 Å². The Morgan fingerprint density at radius 1 is 1.14 bits per heavy atom. The number of aromatic nitrogens is 3. The number of rotatable bonds is 6. The number of amides is 1. The van der Waals surface area contributed by atoms with Crippen molar-refractivity contribution < 1.29 is 9.53 Å². The van der Waals surface area contributed by atoms with E-state index in [1.807, 2.05) is 37.3 Å². The summed E-state index contributed by atoms with van der Waals surface area (Å²) in [5.74, 6) is 1.32. The van der Waals surface area contributed by atoms with E-state index in [0.717, 1.165) is 35.6 Å². The number of hydrogen-bond donors (Lipinski definition) is 2. The zero-order valence-corrected chi connectivity index (χ0v) is 19.0. The molecule has 0 aliphatic heterocycles. The van der Waals surface area contributed by atoms with Gasteiger partial charge in [-0.05, 0) is 68.3 Å². The first kappa shape index (κ1) is 21.9. The molecule has 172 valence electrons. The van der Waals surface area contributed by atoms with Crippen LogP contribution in [0.2, 0.25) is 0 Å². The lowest BCUT2D eigenvalue weighted by atomic mass is 10.1. The number of nitrogens with one attached hydrogen (secondary N) is 2. The maximum atomic E-state index is 12.7. The Labute approximate surface area is 202 Å². The molecule has 8 nitrogen and oxygen atoms in total. The molecule has 3 aromatic heterocycles. The Kier molecular flexibility index (Phi) is 5.97. The largest absolute Gasteiger partial charge is 0.458 e. The molecule has 1 aromatic carbocycles. The fourth-order valence-corrected chi connectivity index (χ4v) is 3.88. The summed E-state index contributed by atoms with van der Waals surface area (Å²) in [6.07, 6.45) is 14.5. The van der Waals surface area contributed by atoms with Crippen LogP contribution in [0.4, 0.5) is 17.1 Å². The van der Waals surface area contributed by atoms with Gasteiger partial charge in [0, 0.05) is 29.2 Å². The molecule has 1 amide bonds. The van der Waals surface area contributed by atoms with Gasteiger partial charge in [0.2, 0.25) is 0 Å². The Bertz CT molecular complexity index is 1490. The number of benzene rings is 1. The van der Waals surface area contributed by atoms with E-state index in [0.29, 0.717) is 28.0 Å². The van der Waals surface area contributed by atoms with Gasteiger partial charge in [0.05, 0.1) is 34.8 Å². The second kappa shape index (κ2) is 9.53. The van der Waals surface area contributed by atoms with Crippen LogP contribution in [0.1, 0.15) is 34.3 Å². The summed E-state index contributed by atoms with van der Waals surface area (Å²) in [6.45, 7) is 1.88. The second-order valence-electron chi connectivity index (χ2n) is 8.03. The molecule has 5 rings (SSSR count). The Morgan fingerprint density at radius 3 is 2.66 bits per heavy atom. The first-order valence-corrected chi connectivity index (χ1v) is 11.2. The number of nitriles is 1. The van der Waals surface area contributed by atoms with Crippen molar-refractivity contribution in [3.05, 3.63) is 102 Å². The van der Waals surface area contributed by atoms with E-state index in [9.17, 15) is 10.1 Å². The van der Waals surface area contributed by atoms with E-state index in [1.54, 1.807) is 35.2 Å². The minimum atomic E-state index is -0.250. The van der Waals surface area contributed by atoms with Crippen LogP contribution >= 0.6 is 0 Å². The molecule has 0 atom stereocenters. The summed E-state index contributed by atoms with van der Waals surface area (Å²) >= 11 is 0. The number of fused-ring (bicyclic) bond motifs is 1.